The first kappa shape index (κ1) is 20.9. The first-order chi connectivity index (χ1) is 11.1. The summed E-state index contributed by atoms with van der Waals surface area (Å²) in [6, 6.07) is 9.18. The molecular formula is C17H27ClN2O3S. The summed E-state index contributed by atoms with van der Waals surface area (Å²) in [6.07, 6.45) is 3.05. The molecular weight excluding hydrogens is 348 g/mol. The normalized spacial score (nSPS) is 17.2. The highest BCUT2D eigenvalue weighted by molar-refractivity contribution is 7.90. The topological polar surface area (TPSA) is 75.3 Å². The van der Waals surface area contributed by atoms with E-state index >= 15 is 0 Å². The first-order valence-corrected chi connectivity index (χ1v) is 10.1. The lowest BCUT2D eigenvalue weighted by atomic mass is 10.0. The number of benzene rings is 1. The number of carbonyl (C=O) groups excluding carboxylic acids is 1. The van der Waals surface area contributed by atoms with Crippen LogP contribution in [0, 0.1) is 5.92 Å². The van der Waals surface area contributed by atoms with Gasteiger partial charge in [0.05, 0.1) is 11.5 Å². The summed E-state index contributed by atoms with van der Waals surface area (Å²) in [5.74, 6) is 0.801. The molecule has 1 heterocycles. The minimum atomic E-state index is -3.12. The Hall–Kier alpha value is -1.11. The molecule has 0 saturated carbocycles. The van der Waals surface area contributed by atoms with Crippen molar-refractivity contribution in [1.29, 1.82) is 0 Å². The van der Waals surface area contributed by atoms with Crippen molar-refractivity contribution < 1.29 is 13.2 Å². The van der Waals surface area contributed by atoms with Crippen molar-refractivity contribution in [1.82, 2.24) is 10.6 Å². The maximum atomic E-state index is 12.0. The minimum Gasteiger partial charge on any atom is -0.356 e. The van der Waals surface area contributed by atoms with Gasteiger partial charge in [0.25, 0.3) is 0 Å². The monoisotopic (exact) mass is 374 g/mol. The fourth-order valence-electron chi connectivity index (χ4n) is 2.80. The Morgan fingerprint density at radius 1 is 1.25 bits per heavy atom. The lowest BCUT2D eigenvalue weighted by molar-refractivity contribution is -0.121. The number of amides is 1. The van der Waals surface area contributed by atoms with E-state index in [1.807, 2.05) is 30.3 Å². The van der Waals surface area contributed by atoms with Crippen molar-refractivity contribution in [2.75, 3.05) is 25.4 Å². The van der Waals surface area contributed by atoms with Crippen molar-refractivity contribution in [3.63, 3.8) is 0 Å². The molecule has 1 fully saturated rings. The van der Waals surface area contributed by atoms with E-state index in [9.17, 15) is 13.2 Å². The second-order valence-electron chi connectivity index (χ2n) is 6.18. The molecule has 2 rings (SSSR count). The number of hydrogen-bond acceptors (Lipinski definition) is 4. The predicted molar refractivity (Wildman–Crippen MR) is 99.0 cm³/mol. The molecule has 1 aliphatic rings. The minimum absolute atomic E-state index is 0. The van der Waals surface area contributed by atoms with E-state index < -0.39 is 9.84 Å². The second kappa shape index (κ2) is 10.7. The molecule has 1 saturated heterocycles. The van der Waals surface area contributed by atoms with Gasteiger partial charge in [-0.2, -0.15) is 0 Å². The first-order valence-electron chi connectivity index (χ1n) is 8.27. The quantitative estimate of drug-likeness (QED) is 0.647. The summed E-state index contributed by atoms with van der Waals surface area (Å²) in [5.41, 5.74) is 0.807. The van der Waals surface area contributed by atoms with Gasteiger partial charge in [-0.25, -0.2) is 8.42 Å². The van der Waals surface area contributed by atoms with Crippen LogP contribution >= 0.6 is 12.4 Å². The fourth-order valence-corrected chi connectivity index (χ4v) is 4.23. The third-order valence-corrected chi connectivity index (χ3v) is 5.81. The average Bonchev–Trinajstić information content (AvgIpc) is 3.03. The van der Waals surface area contributed by atoms with Gasteiger partial charge in [0.1, 0.15) is 0 Å². The molecule has 1 atom stereocenters. The van der Waals surface area contributed by atoms with Crippen molar-refractivity contribution in [2.24, 2.45) is 5.92 Å². The van der Waals surface area contributed by atoms with Crippen LogP contribution in [-0.2, 0) is 20.4 Å². The van der Waals surface area contributed by atoms with Crippen LogP contribution in [0.25, 0.3) is 0 Å². The fraction of sp³-hybridized carbons (Fsp3) is 0.588. The highest BCUT2D eigenvalue weighted by atomic mass is 35.5. The third-order valence-electron chi connectivity index (χ3n) is 4.13. The third kappa shape index (κ3) is 8.13. The highest BCUT2D eigenvalue weighted by Crippen LogP contribution is 2.13. The number of nitrogens with one attached hydrogen (secondary N) is 2. The van der Waals surface area contributed by atoms with Gasteiger partial charge in [-0.05, 0) is 43.8 Å². The Bertz CT molecular complexity index is 587. The second-order valence-corrected chi connectivity index (χ2v) is 8.36. The molecule has 2 N–H and O–H groups in total. The van der Waals surface area contributed by atoms with Crippen molar-refractivity contribution >= 4 is 28.2 Å². The molecule has 1 aromatic rings. The maximum Gasteiger partial charge on any atom is 0.220 e. The average molecular weight is 375 g/mol. The van der Waals surface area contributed by atoms with E-state index in [2.05, 4.69) is 10.6 Å². The van der Waals surface area contributed by atoms with E-state index in [0.717, 1.165) is 31.5 Å². The number of hydrogen-bond donors (Lipinski definition) is 2. The summed E-state index contributed by atoms with van der Waals surface area (Å²) >= 11 is 0. The number of halogens is 1. The van der Waals surface area contributed by atoms with Crippen molar-refractivity contribution in [3.05, 3.63) is 35.9 Å². The predicted octanol–water partition coefficient (Wildman–Crippen LogP) is 1.92. The molecule has 1 amide bonds. The number of carbonyl (C=O) groups is 1. The van der Waals surface area contributed by atoms with Crippen LogP contribution in [0.15, 0.2) is 30.3 Å². The number of rotatable bonds is 9. The lowest BCUT2D eigenvalue weighted by Gasteiger charge is -2.09. The molecule has 5 nitrogen and oxygen atoms in total. The molecule has 0 bridgehead atoms. The molecule has 7 heteroatoms. The van der Waals surface area contributed by atoms with Gasteiger partial charge in [0.2, 0.25) is 5.91 Å². The van der Waals surface area contributed by atoms with Crippen LogP contribution in [0.3, 0.4) is 0 Å². The largest absolute Gasteiger partial charge is 0.356 e. The number of sulfone groups is 1. The molecule has 0 radical (unpaired) electrons. The zero-order valence-corrected chi connectivity index (χ0v) is 15.5. The molecule has 0 spiro atoms. The van der Waals surface area contributed by atoms with Crippen molar-refractivity contribution in [2.45, 2.75) is 31.4 Å². The smallest absolute Gasteiger partial charge is 0.220 e. The molecule has 1 unspecified atom stereocenters. The van der Waals surface area contributed by atoms with Gasteiger partial charge in [0.15, 0.2) is 9.84 Å². The Balaban J connectivity index is 0.00000288. The Kier molecular flexibility index (Phi) is 9.33. The van der Waals surface area contributed by atoms with E-state index in [4.69, 9.17) is 0 Å². The van der Waals surface area contributed by atoms with Gasteiger partial charge in [-0.3, -0.25) is 4.79 Å². The van der Waals surface area contributed by atoms with Crippen LogP contribution in [0.1, 0.15) is 31.2 Å². The van der Waals surface area contributed by atoms with Crippen LogP contribution in [0.5, 0.6) is 0 Å². The summed E-state index contributed by atoms with van der Waals surface area (Å²) in [5, 5.41) is 6.11. The van der Waals surface area contributed by atoms with Crippen LogP contribution < -0.4 is 10.6 Å². The van der Waals surface area contributed by atoms with Gasteiger partial charge < -0.3 is 10.6 Å². The van der Waals surface area contributed by atoms with Crippen LogP contribution in [0.2, 0.25) is 0 Å². The summed E-state index contributed by atoms with van der Waals surface area (Å²) in [6.45, 7) is 2.48. The van der Waals surface area contributed by atoms with E-state index in [-0.39, 0.29) is 29.8 Å². The van der Waals surface area contributed by atoms with Crippen LogP contribution in [0.4, 0.5) is 0 Å². The van der Waals surface area contributed by atoms with Crippen molar-refractivity contribution in [3.8, 4) is 0 Å². The lowest BCUT2D eigenvalue weighted by Crippen LogP contribution is -2.26. The van der Waals surface area contributed by atoms with E-state index in [1.54, 1.807) is 0 Å². The van der Waals surface area contributed by atoms with Gasteiger partial charge in [-0.15, -0.1) is 12.4 Å². The summed E-state index contributed by atoms with van der Waals surface area (Å²) < 4.78 is 24.0. The molecule has 136 valence electrons. The Morgan fingerprint density at radius 3 is 2.67 bits per heavy atom. The standard InChI is InChI=1S/C17H26N2O3S.ClH/c20-17(8-7-15-9-11-18-13-15)19-10-4-12-23(21,22)14-16-5-2-1-3-6-16;/h1-3,5-6,15,18H,4,7-14H2,(H,19,20);1H. The zero-order chi connectivity index (χ0) is 16.5. The summed E-state index contributed by atoms with van der Waals surface area (Å²) in [4.78, 5) is 11.7. The van der Waals surface area contributed by atoms with Crippen LogP contribution in [-0.4, -0.2) is 39.7 Å². The highest BCUT2D eigenvalue weighted by Gasteiger charge is 2.16. The SMILES string of the molecule is Cl.O=C(CCC1CCNC1)NCCCS(=O)(=O)Cc1ccccc1. The maximum absolute atomic E-state index is 12.0. The van der Waals surface area contributed by atoms with Gasteiger partial charge >= 0.3 is 0 Å². The molecule has 0 aliphatic carbocycles. The molecule has 24 heavy (non-hydrogen) atoms. The van der Waals surface area contributed by atoms with Gasteiger partial charge in [0, 0.05) is 13.0 Å². The Labute approximate surface area is 150 Å². The summed E-state index contributed by atoms with van der Waals surface area (Å²) in [7, 11) is -3.12. The molecule has 0 aromatic heterocycles. The van der Waals surface area contributed by atoms with E-state index in [1.165, 1.54) is 0 Å². The Morgan fingerprint density at radius 2 is 2.00 bits per heavy atom. The zero-order valence-electron chi connectivity index (χ0n) is 13.9. The van der Waals surface area contributed by atoms with Gasteiger partial charge in [-0.1, -0.05) is 30.3 Å². The molecule has 1 aliphatic heterocycles. The molecule has 1 aromatic carbocycles. The van der Waals surface area contributed by atoms with E-state index in [0.29, 0.717) is 25.3 Å².